The minimum absolute atomic E-state index is 0.0278. The van der Waals surface area contributed by atoms with Crippen molar-refractivity contribution >= 4 is 5.69 Å². The van der Waals surface area contributed by atoms with E-state index in [1.54, 1.807) is 12.1 Å². The van der Waals surface area contributed by atoms with Gasteiger partial charge in [-0.3, -0.25) is 0 Å². The van der Waals surface area contributed by atoms with Crippen molar-refractivity contribution in [2.75, 3.05) is 18.0 Å². The third kappa shape index (κ3) is 2.64. The Morgan fingerprint density at radius 2 is 2.00 bits per heavy atom. The van der Waals surface area contributed by atoms with E-state index in [-0.39, 0.29) is 12.1 Å². The predicted molar refractivity (Wildman–Crippen MR) is 69.5 cm³/mol. The van der Waals surface area contributed by atoms with E-state index in [4.69, 9.17) is 5.73 Å². The molecule has 1 saturated heterocycles. The molecule has 18 heavy (non-hydrogen) atoms. The van der Waals surface area contributed by atoms with Crippen LogP contribution in [0.5, 0.6) is 0 Å². The molecule has 1 heterocycles. The van der Waals surface area contributed by atoms with E-state index in [2.05, 4.69) is 6.92 Å². The Kier molecular flexibility index (Phi) is 4.17. The first-order valence-electron chi connectivity index (χ1n) is 6.55. The molecule has 1 fully saturated rings. The molecule has 1 atom stereocenters. The van der Waals surface area contributed by atoms with Crippen LogP contribution < -0.4 is 10.6 Å². The highest BCUT2D eigenvalue weighted by Gasteiger charge is 2.20. The van der Waals surface area contributed by atoms with E-state index in [9.17, 15) is 8.78 Å². The minimum Gasteiger partial charge on any atom is -0.369 e. The van der Waals surface area contributed by atoms with Crippen LogP contribution in [0.2, 0.25) is 0 Å². The maximum Gasteiger partial charge on any atom is 0.182 e. The highest BCUT2D eigenvalue weighted by Crippen LogP contribution is 2.27. The standard InChI is InChI=1S/C14H20F2N2/c1-10-3-2-7-18(8-6-10)12-5-4-11(9-17)13(15)14(12)16/h4-5,10H,2-3,6-9,17H2,1H3. The molecule has 2 N–H and O–H groups in total. The molecule has 1 unspecified atom stereocenters. The summed E-state index contributed by atoms with van der Waals surface area (Å²) in [5.74, 6) is -0.897. The lowest BCUT2D eigenvalue weighted by atomic mass is 10.0. The molecule has 0 aromatic heterocycles. The Bertz CT molecular complexity index is 421. The fourth-order valence-electron chi connectivity index (χ4n) is 2.49. The topological polar surface area (TPSA) is 29.3 Å². The van der Waals surface area contributed by atoms with Gasteiger partial charge in [0, 0.05) is 25.2 Å². The SMILES string of the molecule is CC1CCCN(c2ccc(CN)c(F)c2F)CC1. The second kappa shape index (κ2) is 5.65. The molecule has 1 aliphatic heterocycles. The van der Waals surface area contributed by atoms with E-state index < -0.39 is 11.6 Å². The molecule has 0 spiro atoms. The van der Waals surface area contributed by atoms with Gasteiger partial charge >= 0.3 is 0 Å². The Morgan fingerprint density at radius 3 is 2.72 bits per heavy atom. The van der Waals surface area contributed by atoms with E-state index in [0.29, 0.717) is 11.6 Å². The summed E-state index contributed by atoms with van der Waals surface area (Å²) in [4.78, 5) is 1.95. The molecular weight excluding hydrogens is 234 g/mol. The first-order valence-corrected chi connectivity index (χ1v) is 6.55. The molecule has 100 valence electrons. The van der Waals surface area contributed by atoms with Crippen molar-refractivity contribution in [3.8, 4) is 0 Å². The van der Waals surface area contributed by atoms with Gasteiger partial charge in [-0.05, 0) is 31.2 Å². The van der Waals surface area contributed by atoms with E-state index in [0.717, 1.165) is 32.4 Å². The zero-order valence-electron chi connectivity index (χ0n) is 10.8. The van der Waals surface area contributed by atoms with Gasteiger partial charge in [0.2, 0.25) is 0 Å². The maximum atomic E-state index is 14.0. The number of benzene rings is 1. The fourth-order valence-corrected chi connectivity index (χ4v) is 2.49. The largest absolute Gasteiger partial charge is 0.369 e. The molecule has 0 aliphatic carbocycles. The summed E-state index contributed by atoms with van der Waals surface area (Å²) in [6.45, 7) is 3.82. The predicted octanol–water partition coefficient (Wildman–Crippen LogP) is 3.05. The minimum atomic E-state index is -0.799. The van der Waals surface area contributed by atoms with Crippen LogP contribution in [-0.2, 0) is 6.54 Å². The first kappa shape index (κ1) is 13.3. The summed E-state index contributed by atoms with van der Waals surface area (Å²) in [7, 11) is 0. The normalized spacial score (nSPS) is 20.9. The van der Waals surface area contributed by atoms with Crippen LogP contribution in [0.1, 0.15) is 31.7 Å². The second-order valence-corrected chi connectivity index (χ2v) is 5.10. The number of rotatable bonds is 2. The highest BCUT2D eigenvalue weighted by atomic mass is 19.2. The summed E-state index contributed by atoms with van der Waals surface area (Å²) in [6, 6.07) is 3.23. The summed E-state index contributed by atoms with van der Waals surface area (Å²) in [5, 5.41) is 0. The third-order valence-electron chi connectivity index (χ3n) is 3.72. The van der Waals surface area contributed by atoms with Crippen molar-refractivity contribution in [2.45, 2.75) is 32.7 Å². The van der Waals surface area contributed by atoms with Crippen molar-refractivity contribution in [3.63, 3.8) is 0 Å². The average molecular weight is 254 g/mol. The van der Waals surface area contributed by atoms with Crippen molar-refractivity contribution in [1.29, 1.82) is 0 Å². The van der Waals surface area contributed by atoms with Gasteiger partial charge in [0.1, 0.15) is 0 Å². The zero-order valence-corrected chi connectivity index (χ0v) is 10.8. The lowest BCUT2D eigenvalue weighted by Gasteiger charge is -2.24. The Balaban J connectivity index is 2.25. The number of nitrogens with zero attached hydrogens (tertiary/aromatic N) is 1. The summed E-state index contributed by atoms with van der Waals surface area (Å²) in [5.41, 5.74) is 5.98. The Hall–Kier alpha value is -1.16. The lowest BCUT2D eigenvalue weighted by molar-refractivity contribution is 0.496. The van der Waals surface area contributed by atoms with Crippen LogP contribution in [0, 0.1) is 17.6 Å². The van der Waals surface area contributed by atoms with Gasteiger partial charge in [-0.1, -0.05) is 13.0 Å². The zero-order chi connectivity index (χ0) is 13.1. The van der Waals surface area contributed by atoms with Crippen LogP contribution in [-0.4, -0.2) is 13.1 Å². The molecule has 2 rings (SSSR count). The fraction of sp³-hybridized carbons (Fsp3) is 0.571. The summed E-state index contributed by atoms with van der Waals surface area (Å²) in [6.07, 6.45) is 3.21. The number of halogens is 2. The van der Waals surface area contributed by atoms with Gasteiger partial charge in [-0.15, -0.1) is 0 Å². The van der Waals surface area contributed by atoms with Crippen LogP contribution in [0.4, 0.5) is 14.5 Å². The van der Waals surface area contributed by atoms with Crippen LogP contribution >= 0.6 is 0 Å². The van der Waals surface area contributed by atoms with Crippen LogP contribution in [0.15, 0.2) is 12.1 Å². The lowest BCUT2D eigenvalue weighted by Crippen LogP contribution is -2.25. The third-order valence-corrected chi connectivity index (χ3v) is 3.72. The van der Waals surface area contributed by atoms with Crippen molar-refractivity contribution in [1.82, 2.24) is 0 Å². The number of nitrogens with two attached hydrogens (primary N) is 1. The van der Waals surface area contributed by atoms with Crippen molar-refractivity contribution < 1.29 is 8.78 Å². The quantitative estimate of drug-likeness (QED) is 0.879. The molecule has 1 aromatic rings. The molecule has 1 aliphatic rings. The monoisotopic (exact) mass is 254 g/mol. The molecule has 0 amide bonds. The number of anilines is 1. The van der Waals surface area contributed by atoms with Crippen molar-refractivity contribution in [3.05, 3.63) is 29.3 Å². The van der Waals surface area contributed by atoms with E-state index >= 15 is 0 Å². The smallest absolute Gasteiger partial charge is 0.182 e. The van der Waals surface area contributed by atoms with Crippen LogP contribution in [0.3, 0.4) is 0 Å². The van der Waals surface area contributed by atoms with Gasteiger partial charge in [-0.25, -0.2) is 8.78 Å². The summed E-state index contributed by atoms with van der Waals surface area (Å²) < 4.78 is 27.7. The van der Waals surface area contributed by atoms with Crippen molar-refractivity contribution in [2.24, 2.45) is 11.7 Å². The van der Waals surface area contributed by atoms with Gasteiger partial charge in [0.25, 0.3) is 0 Å². The Morgan fingerprint density at radius 1 is 1.22 bits per heavy atom. The second-order valence-electron chi connectivity index (χ2n) is 5.10. The van der Waals surface area contributed by atoms with Gasteiger partial charge < -0.3 is 10.6 Å². The summed E-state index contributed by atoms with van der Waals surface area (Å²) >= 11 is 0. The number of hydrogen-bond donors (Lipinski definition) is 1. The maximum absolute atomic E-state index is 14.0. The van der Waals surface area contributed by atoms with Crippen LogP contribution in [0.25, 0.3) is 0 Å². The molecule has 0 saturated carbocycles. The average Bonchev–Trinajstić information content (AvgIpc) is 2.58. The molecular formula is C14H20F2N2. The van der Waals surface area contributed by atoms with Gasteiger partial charge in [0.05, 0.1) is 5.69 Å². The molecule has 2 nitrogen and oxygen atoms in total. The molecule has 1 aromatic carbocycles. The first-order chi connectivity index (χ1) is 8.63. The molecule has 0 radical (unpaired) electrons. The Labute approximate surface area is 107 Å². The molecule has 0 bridgehead atoms. The molecule has 4 heteroatoms. The van der Waals surface area contributed by atoms with Gasteiger partial charge in [0.15, 0.2) is 11.6 Å². The van der Waals surface area contributed by atoms with Gasteiger partial charge in [-0.2, -0.15) is 0 Å². The van der Waals surface area contributed by atoms with E-state index in [1.165, 1.54) is 0 Å². The number of hydrogen-bond acceptors (Lipinski definition) is 2. The van der Waals surface area contributed by atoms with E-state index in [1.807, 2.05) is 4.90 Å². The highest BCUT2D eigenvalue weighted by molar-refractivity contribution is 5.50.